The monoisotopic (exact) mass is 198 g/mol. The largest absolute Gasteiger partial charge is 0.387 e. The molecule has 3 heteroatoms. The van der Waals surface area contributed by atoms with Gasteiger partial charge in [-0.25, -0.2) is 0 Å². The Kier molecular flexibility index (Phi) is 2.98. The van der Waals surface area contributed by atoms with Crippen LogP contribution in [0.15, 0.2) is 17.5 Å². The first kappa shape index (κ1) is 9.19. The maximum atomic E-state index is 9.80. The molecule has 1 fully saturated rings. The lowest BCUT2D eigenvalue weighted by molar-refractivity contribution is 0.0548. The van der Waals surface area contributed by atoms with E-state index in [1.807, 2.05) is 17.5 Å². The van der Waals surface area contributed by atoms with Gasteiger partial charge in [0.1, 0.15) is 0 Å². The van der Waals surface area contributed by atoms with Crippen molar-refractivity contribution >= 4 is 11.3 Å². The van der Waals surface area contributed by atoms with Crippen molar-refractivity contribution in [2.75, 3.05) is 6.61 Å². The van der Waals surface area contributed by atoms with Gasteiger partial charge in [0, 0.05) is 17.9 Å². The molecule has 2 heterocycles. The summed E-state index contributed by atoms with van der Waals surface area (Å²) in [5, 5.41) is 11.8. The van der Waals surface area contributed by atoms with Crippen LogP contribution in [0.4, 0.5) is 0 Å². The molecule has 2 rings (SSSR count). The van der Waals surface area contributed by atoms with Crippen molar-refractivity contribution in [1.82, 2.24) is 0 Å². The molecule has 2 unspecified atom stereocenters. The molecule has 1 aromatic heterocycles. The second kappa shape index (κ2) is 4.22. The van der Waals surface area contributed by atoms with Crippen molar-refractivity contribution in [3.63, 3.8) is 0 Å². The van der Waals surface area contributed by atoms with Crippen LogP contribution in [0.1, 0.15) is 30.2 Å². The molecule has 0 spiro atoms. The standard InChI is InChI=1S/C10H14O2S/c11-9(10-4-2-6-13-10)7-8-3-1-5-12-8/h2,4,6,8-9,11H,1,3,5,7H2. The molecule has 0 bridgehead atoms. The highest BCUT2D eigenvalue weighted by molar-refractivity contribution is 7.10. The first-order chi connectivity index (χ1) is 6.36. The van der Waals surface area contributed by atoms with Crippen LogP contribution in [0, 0.1) is 0 Å². The number of thiophene rings is 1. The fraction of sp³-hybridized carbons (Fsp3) is 0.600. The predicted molar refractivity (Wildman–Crippen MR) is 52.9 cm³/mol. The minimum atomic E-state index is -0.330. The van der Waals surface area contributed by atoms with Crippen molar-refractivity contribution in [2.45, 2.75) is 31.5 Å². The molecule has 1 aliphatic rings. The molecule has 0 saturated carbocycles. The SMILES string of the molecule is OC(CC1CCCO1)c1cccs1. The van der Waals surface area contributed by atoms with Crippen molar-refractivity contribution in [3.05, 3.63) is 22.4 Å². The van der Waals surface area contributed by atoms with Gasteiger partial charge in [-0.2, -0.15) is 0 Å². The summed E-state index contributed by atoms with van der Waals surface area (Å²) in [6.45, 7) is 0.863. The number of rotatable bonds is 3. The van der Waals surface area contributed by atoms with Gasteiger partial charge >= 0.3 is 0 Å². The maximum absolute atomic E-state index is 9.80. The Labute approximate surface area is 82.2 Å². The first-order valence-electron chi connectivity index (χ1n) is 4.69. The summed E-state index contributed by atoms with van der Waals surface area (Å²) in [6, 6.07) is 3.95. The van der Waals surface area contributed by atoms with Crippen molar-refractivity contribution in [2.24, 2.45) is 0 Å². The van der Waals surface area contributed by atoms with Crippen molar-refractivity contribution in [1.29, 1.82) is 0 Å². The topological polar surface area (TPSA) is 29.5 Å². The third-order valence-electron chi connectivity index (χ3n) is 2.38. The number of hydrogen-bond donors (Lipinski definition) is 1. The second-order valence-electron chi connectivity index (χ2n) is 3.40. The lowest BCUT2D eigenvalue weighted by atomic mass is 10.1. The fourth-order valence-electron chi connectivity index (χ4n) is 1.68. The Morgan fingerprint density at radius 1 is 1.69 bits per heavy atom. The lowest BCUT2D eigenvalue weighted by Crippen LogP contribution is -2.10. The van der Waals surface area contributed by atoms with Gasteiger partial charge in [0.15, 0.2) is 0 Å². The molecule has 72 valence electrons. The molecule has 0 aliphatic carbocycles. The van der Waals surface area contributed by atoms with E-state index >= 15 is 0 Å². The Bertz CT molecular complexity index is 239. The highest BCUT2D eigenvalue weighted by atomic mass is 32.1. The van der Waals surface area contributed by atoms with E-state index in [1.54, 1.807) is 11.3 Å². The summed E-state index contributed by atoms with van der Waals surface area (Å²) in [4.78, 5) is 1.05. The van der Waals surface area contributed by atoms with Gasteiger partial charge < -0.3 is 9.84 Å². The van der Waals surface area contributed by atoms with Crippen LogP contribution in [0.3, 0.4) is 0 Å². The third kappa shape index (κ3) is 2.30. The van der Waals surface area contributed by atoms with Crippen LogP contribution in [0.2, 0.25) is 0 Å². The van der Waals surface area contributed by atoms with Gasteiger partial charge in [0.25, 0.3) is 0 Å². The summed E-state index contributed by atoms with van der Waals surface area (Å²) >= 11 is 1.61. The van der Waals surface area contributed by atoms with Crippen LogP contribution >= 0.6 is 11.3 Å². The molecule has 1 N–H and O–H groups in total. The maximum Gasteiger partial charge on any atom is 0.0906 e. The van der Waals surface area contributed by atoms with E-state index in [0.717, 1.165) is 30.7 Å². The molecule has 0 aromatic carbocycles. The Balaban J connectivity index is 1.87. The minimum absolute atomic E-state index is 0.275. The van der Waals surface area contributed by atoms with Crippen LogP contribution in [-0.2, 0) is 4.74 Å². The quantitative estimate of drug-likeness (QED) is 0.808. The molecule has 0 radical (unpaired) electrons. The number of ether oxygens (including phenoxy) is 1. The number of aliphatic hydroxyl groups excluding tert-OH is 1. The highest BCUT2D eigenvalue weighted by Crippen LogP contribution is 2.27. The van der Waals surface area contributed by atoms with Crippen molar-refractivity contribution in [3.8, 4) is 0 Å². The van der Waals surface area contributed by atoms with E-state index in [9.17, 15) is 5.11 Å². The van der Waals surface area contributed by atoms with E-state index in [1.165, 1.54) is 0 Å². The lowest BCUT2D eigenvalue weighted by Gasteiger charge is -2.13. The number of hydrogen-bond acceptors (Lipinski definition) is 3. The van der Waals surface area contributed by atoms with E-state index in [2.05, 4.69) is 0 Å². The molecular formula is C10H14O2S. The highest BCUT2D eigenvalue weighted by Gasteiger charge is 2.20. The minimum Gasteiger partial charge on any atom is -0.387 e. The van der Waals surface area contributed by atoms with Crippen LogP contribution in [0.25, 0.3) is 0 Å². The second-order valence-corrected chi connectivity index (χ2v) is 4.38. The molecule has 1 aliphatic heterocycles. The van der Waals surface area contributed by atoms with Crippen molar-refractivity contribution < 1.29 is 9.84 Å². The zero-order valence-corrected chi connectivity index (χ0v) is 8.30. The predicted octanol–water partition coefficient (Wildman–Crippen LogP) is 2.35. The smallest absolute Gasteiger partial charge is 0.0906 e. The van der Waals surface area contributed by atoms with Gasteiger partial charge in [0.05, 0.1) is 12.2 Å². The Morgan fingerprint density at radius 2 is 2.62 bits per heavy atom. The zero-order valence-electron chi connectivity index (χ0n) is 7.48. The van der Waals surface area contributed by atoms with Crippen LogP contribution in [-0.4, -0.2) is 17.8 Å². The molecule has 2 atom stereocenters. The summed E-state index contributed by atoms with van der Waals surface area (Å²) in [7, 11) is 0. The van der Waals surface area contributed by atoms with Gasteiger partial charge in [-0.1, -0.05) is 6.07 Å². The number of aliphatic hydroxyl groups is 1. The van der Waals surface area contributed by atoms with Gasteiger partial charge in [0.2, 0.25) is 0 Å². The third-order valence-corrected chi connectivity index (χ3v) is 3.36. The van der Waals surface area contributed by atoms with E-state index < -0.39 is 0 Å². The average molecular weight is 198 g/mol. The molecule has 0 amide bonds. The Hall–Kier alpha value is -0.380. The fourth-order valence-corrected chi connectivity index (χ4v) is 2.40. The Morgan fingerprint density at radius 3 is 3.23 bits per heavy atom. The summed E-state index contributed by atoms with van der Waals surface area (Å²) < 4.78 is 5.47. The molecule has 1 saturated heterocycles. The first-order valence-corrected chi connectivity index (χ1v) is 5.57. The van der Waals surface area contributed by atoms with E-state index in [4.69, 9.17) is 4.74 Å². The van der Waals surface area contributed by atoms with Gasteiger partial charge in [-0.05, 0) is 24.3 Å². The van der Waals surface area contributed by atoms with Gasteiger partial charge in [-0.3, -0.25) is 0 Å². The molecule has 13 heavy (non-hydrogen) atoms. The molecule has 2 nitrogen and oxygen atoms in total. The zero-order chi connectivity index (χ0) is 9.10. The average Bonchev–Trinajstić information content (AvgIpc) is 2.74. The van der Waals surface area contributed by atoms with E-state index in [0.29, 0.717) is 0 Å². The van der Waals surface area contributed by atoms with Crippen LogP contribution < -0.4 is 0 Å². The molecular weight excluding hydrogens is 184 g/mol. The normalized spacial score (nSPS) is 24.8. The van der Waals surface area contributed by atoms with Crippen LogP contribution in [0.5, 0.6) is 0 Å². The van der Waals surface area contributed by atoms with E-state index in [-0.39, 0.29) is 12.2 Å². The summed E-state index contributed by atoms with van der Waals surface area (Å²) in [5.74, 6) is 0. The summed E-state index contributed by atoms with van der Waals surface area (Å²) in [6.07, 6.45) is 2.94. The van der Waals surface area contributed by atoms with Gasteiger partial charge in [-0.15, -0.1) is 11.3 Å². The summed E-state index contributed by atoms with van der Waals surface area (Å²) in [5.41, 5.74) is 0. The molecule has 1 aromatic rings.